The molecule has 87 heavy (non-hydrogen) atoms. The average Bonchev–Trinajstić information content (AvgIpc) is 3.64. The number of carbonyl (C=O) groups excluding carboxylic acids is 2. The predicted octanol–water partition coefficient (Wildman–Crippen LogP) is 24.5. The summed E-state index contributed by atoms with van der Waals surface area (Å²) >= 11 is 0. The van der Waals surface area contributed by atoms with Crippen molar-refractivity contribution in [2.24, 2.45) is 5.73 Å². The quantitative estimate of drug-likeness (QED) is 0.0264. The van der Waals surface area contributed by atoms with Gasteiger partial charge in [-0.05, 0) is 70.6 Å². The molecule has 0 spiro atoms. The van der Waals surface area contributed by atoms with Gasteiger partial charge in [0.25, 0.3) is 0 Å². The Bertz CT molecular complexity index is 1700. The smallest absolute Gasteiger partial charge is 0.462 e. The van der Waals surface area contributed by atoms with Gasteiger partial charge in [-0.2, -0.15) is 0 Å². The molecule has 0 aromatic heterocycles. The van der Waals surface area contributed by atoms with Crippen LogP contribution in [-0.2, 0) is 32.7 Å². The van der Waals surface area contributed by atoms with E-state index in [1.54, 1.807) is 0 Å². The monoisotopic (exact) mass is 1240 g/mol. The summed E-state index contributed by atoms with van der Waals surface area (Å²) < 4.78 is 33.1. The summed E-state index contributed by atoms with van der Waals surface area (Å²) in [5, 5.41) is 0. The van der Waals surface area contributed by atoms with E-state index < -0.39 is 26.5 Å². The number of phosphoric acid groups is 1. The highest BCUT2D eigenvalue weighted by molar-refractivity contribution is 7.47. The lowest BCUT2D eigenvalue weighted by Crippen LogP contribution is -2.29. The van der Waals surface area contributed by atoms with Gasteiger partial charge in [-0.15, -0.1) is 0 Å². The Morgan fingerprint density at radius 2 is 0.632 bits per heavy atom. The van der Waals surface area contributed by atoms with E-state index in [1.165, 1.54) is 244 Å². The van der Waals surface area contributed by atoms with Gasteiger partial charge in [0.15, 0.2) is 6.10 Å². The van der Waals surface area contributed by atoms with Crippen molar-refractivity contribution < 1.29 is 37.6 Å². The van der Waals surface area contributed by atoms with E-state index in [9.17, 15) is 19.0 Å². The van der Waals surface area contributed by atoms with Crippen LogP contribution in [0.1, 0.15) is 361 Å². The molecule has 0 radical (unpaired) electrons. The normalized spacial score (nSPS) is 13.4. The summed E-state index contributed by atoms with van der Waals surface area (Å²) in [6.07, 6.45) is 97.2. The summed E-state index contributed by atoms with van der Waals surface area (Å²) in [6.45, 7) is 3.63. The molecule has 3 N–H and O–H groups in total. The van der Waals surface area contributed by atoms with Crippen LogP contribution >= 0.6 is 7.82 Å². The standard InChI is InChI=1S/C77H140NO8P/c1-3-5-7-9-11-13-15-17-19-21-23-25-27-29-30-31-32-33-34-35-36-37-38-39-40-41-42-43-44-46-47-49-51-53-55-57-59-61-63-65-67-69-76(79)83-73-75(74-85-87(81,82)84-72-71-78)86-77(80)70-68-66-64-62-60-58-56-54-52-50-48-45-28-26-24-22-20-18-16-14-12-10-8-6-4-2/h6,8,12,14,18,20,24,26,45,48,52,54,58,60,75H,3-5,7,9-11,13,15-17,19,21-23,25,27-44,46-47,49-51,53,55-57,59,61-74,78H2,1-2H3,(H,81,82)/b8-6-,14-12-,20-18-,26-24-,48-45-,54-52-,60-58-. The maximum atomic E-state index is 12.7. The van der Waals surface area contributed by atoms with E-state index in [0.717, 1.165) is 83.5 Å². The van der Waals surface area contributed by atoms with Crippen LogP contribution in [0.4, 0.5) is 0 Å². The summed E-state index contributed by atoms with van der Waals surface area (Å²) in [7, 11) is -4.41. The van der Waals surface area contributed by atoms with Gasteiger partial charge in [0, 0.05) is 19.4 Å². The largest absolute Gasteiger partial charge is 0.472 e. The minimum Gasteiger partial charge on any atom is -0.462 e. The Hall–Kier alpha value is -2.81. The SMILES string of the molecule is CC/C=C\C/C=C\C/C=C\C/C=C\C/C=C\C/C=C\C/C=C\CCCCCC(=O)OC(COC(=O)CCCCCCCCCCCCCCCCCCCCCCCCCCCCCCCCCCCCCCCCCCC)COP(=O)(O)OCCN. The first kappa shape index (κ1) is 84.2. The number of hydrogen-bond acceptors (Lipinski definition) is 8. The molecule has 9 nitrogen and oxygen atoms in total. The molecule has 0 amide bonds. The maximum Gasteiger partial charge on any atom is 0.472 e. The fourth-order valence-electron chi connectivity index (χ4n) is 10.9. The van der Waals surface area contributed by atoms with Gasteiger partial charge < -0.3 is 20.1 Å². The molecule has 0 aromatic carbocycles. The maximum absolute atomic E-state index is 12.7. The van der Waals surface area contributed by atoms with Crippen molar-refractivity contribution in [2.45, 2.75) is 367 Å². The first-order valence-corrected chi connectivity index (χ1v) is 38.6. The number of rotatable bonds is 70. The molecule has 0 aromatic rings. The van der Waals surface area contributed by atoms with E-state index in [1.807, 2.05) is 0 Å². The molecule has 0 rings (SSSR count). The van der Waals surface area contributed by atoms with Gasteiger partial charge in [-0.25, -0.2) is 4.57 Å². The van der Waals surface area contributed by atoms with E-state index >= 15 is 0 Å². The Morgan fingerprint density at radius 3 is 0.943 bits per heavy atom. The molecule has 0 aliphatic rings. The lowest BCUT2D eigenvalue weighted by Gasteiger charge is -2.19. The number of unbranched alkanes of at least 4 members (excludes halogenated alkanes) is 43. The number of allylic oxidation sites excluding steroid dienone is 14. The lowest BCUT2D eigenvalue weighted by molar-refractivity contribution is -0.161. The predicted molar refractivity (Wildman–Crippen MR) is 376 cm³/mol. The number of carbonyl (C=O) groups is 2. The zero-order chi connectivity index (χ0) is 63.0. The summed E-state index contributed by atoms with van der Waals surface area (Å²) in [6, 6.07) is 0. The first-order chi connectivity index (χ1) is 42.8. The molecule has 0 fully saturated rings. The fraction of sp³-hybridized carbons (Fsp3) is 0.792. The van der Waals surface area contributed by atoms with Crippen LogP contribution in [0.15, 0.2) is 85.1 Å². The Kier molecular flexibility index (Phi) is 69.9. The summed E-state index contributed by atoms with van der Waals surface area (Å²) in [5.41, 5.74) is 5.40. The summed E-state index contributed by atoms with van der Waals surface area (Å²) in [4.78, 5) is 35.3. The van der Waals surface area contributed by atoms with E-state index in [4.69, 9.17) is 24.3 Å². The molecule has 0 aliphatic heterocycles. The Balaban J connectivity index is 3.80. The Morgan fingerprint density at radius 1 is 0.356 bits per heavy atom. The van der Waals surface area contributed by atoms with Crippen molar-refractivity contribution >= 4 is 19.8 Å². The number of phosphoric ester groups is 1. The van der Waals surface area contributed by atoms with E-state index in [-0.39, 0.29) is 38.6 Å². The van der Waals surface area contributed by atoms with Gasteiger partial charge in [-0.1, -0.05) is 362 Å². The van der Waals surface area contributed by atoms with Crippen LogP contribution in [0.3, 0.4) is 0 Å². The second-order valence-corrected chi connectivity index (χ2v) is 26.2. The average molecular weight is 1240 g/mol. The molecule has 2 unspecified atom stereocenters. The topological polar surface area (TPSA) is 134 Å². The molecule has 0 heterocycles. The molecule has 0 aliphatic carbocycles. The second kappa shape index (κ2) is 72.3. The second-order valence-electron chi connectivity index (χ2n) is 24.8. The minimum absolute atomic E-state index is 0.0447. The van der Waals surface area contributed by atoms with Crippen molar-refractivity contribution in [2.75, 3.05) is 26.4 Å². The highest BCUT2D eigenvalue weighted by atomic mass is 31.2. The number of ether oxygens (including phenoxy) is 2. The van der Waals surface area contributed by atoms with Crippen LogP contribution in [0.25, 0.3) is 0 Å². The van der Waals surface area contributed by atoms with E-state index in [2.05, 4.69) is 98.9 Å². The molecule has 0 bridgehead atoms. The highest BCUT2D eigenvalue weighted by Crippen LogP contribution is 2.43. The molecule has 0 saturated carbocycles. The van der Waals surface area contributed by atoms with Crippen LogP contribution in [0.5, 0.6) is 0 Å². The number of hydrogen-bond donors (Lipinski definition) is 2. The van der Waals surface area contributed by atoms with Gasteiger partial charge in [0.1, 0.15) is 6.61 Å². The molecule has 506 valence electrons. The molecular formula is C77H140NO8P. The third kappa shape index (κ3) is 72.1. The highest BCUT2D eigenvalue weighted by Gasteiger charge is 2.26. The molecular weight excluding hydrogens is 1100 g/mol. The van der Waals surface area contributed by atoms with Crippen LogP contribution < -0.4 is 5.73 Å². The molecule has 10 heteroatoms. The van der Waals surface area contributed by atoms with Gasteiger partial charge in [0.2, 0.25) is 0 Å². The molecule has 2 atom stereocenters. The van der Waals surface area contributed by atoms with Crippen molar-refractivity contribution in [3.05, 3.63) is 85.1 Å². The zero-order valence-corrected chi connectivity index (χ0v) is 57.9. The Labute approximate surface area is 538 Å². The van der Waals surface area contributed by atoms with Gasteiger partial charge in [-0.3, -0.25) is 18.6 Å². The first-order valence-electron chi connectivity index (χ1n) is 37.1. The van der Waals surface area contributed by atoms with Crippen molar-refractivity contribution in [3.8, 4) is 0 Å². The zero-order valence-electron chi connectivity index (χ0n) is 57.0. The fourth-order valence-corrected chi connectivity index (χ4v) is 11.6. The van der Waals surface area contributed by atoms with Gasteiger partial charge >= 0.3 is 19.8 Å². The summed E-state index contributed by atoms with van der Waals surface area (Å²) in [5.74, 6) is -0.857. The van der Waals surface area contributed by atoms with Crippen LogP contribution in [-0.4, -0.2) is 49.3 Å². The third-order valence-electron chi connectivity index (χ3n) is 16.3. The number of esters is 2. The molecule has 0 saturated heterocycles. The van der Waals surface area contributed by atoms with Crippen LogP contribution in [0.2, 0.25) is 0 Å². The van der Waals surface area contributed by atoms with Crippen molar-refractivity contribution in [1.29, 1.82) is 0 Å². The lowest BCUT2D eigenvalue weighted by atomic mass is 10.0. The van der Waals surface area contributed by atoms with Crippen LogP contribution in [0, 0.1) is 0 Å². The van der Waals surface area contributed by atoms with Crippen molar-refractivity contribution in [3.63, 3.8) is 0 Å². The minimum atomic E-state index is -4.41. The van der Waals surface area contributed by atoms with Crippen molar-refractivity contribution in [1.82, 2.24) is 0 Å². The third-order valence-corrected chi connectivity index (χ3v) is 17.3. The van der Waals surface area contributed by atoms with E-state index in [0.29, 0.717) is 6.42 Å². The number of nitrogens with two attached hydrogens (primary N) is 1. The van der Waals surface area contributed by atoms with Gasteiger partial charge in [0.05, 0.1) is 13.2 Å².